The molecule has 23 heavy (non-hydrogen) atoms. The molecule has 1 aromatic rings. The fourth-order valence-electron chi connectivity index (χ4n) is 1.35. The Bertz CT molecular complexity index is 610. The molecule has 0 atom stereocenters. The number of hydrogen-bond donors (Lipinski definition) is 0. The van der Waals surface area contributed by atoms with Gasteiger partial charge in [-0.25, -0.2) is 14.1 Å². The fourth-order valence-corrected chi connectivity index (χ4v) is 2.27. The van der Waals surface area contributed by atoms with E-state index in [9.17, 15) is 4.79 Å². The molecule has 0 unspecified atom stereocenters. The number of oxime groups is 1. The van der Waals surface area contributed by atoms with Gasteiger partial charge in [-0.2, -0.15) is 0 Å². The zero-order chi connectivity index (χ0) is 17.4. The minimum absolute atomic E-state index is 0.564. The predicted molar refractivity (Wildman–Crippen MR) is 101 cm³/mol. The van der Waals surface area contributed by atoms with E-state index in [2.05, 4.69) is 10.1 Å². The maximum atomic E-state index is 11.7. The molecule has 0 saturated heterocycles. The number of carbonyl (C=O) groups excluding carboxylic acids is 1. The Balaban J connectivity index is 2.56. The third kappa shape index (κ3) is 7.15. The number of thioether (sulfide) groups is 1. The van der Waals surface area contributed by atoms with E-state index in [1.807, 2.05) is 25.3 Å². The molecule has 0 heterocycles. The van der Waals surface area contributed by atoms with Crippen LogP contribution >= 0.6 is 35.5 Å². The van der Waals surface area contributed by atoms with Crippen molar-refractivity contribution in [1.29, 1.82) is 0 Å². The summed E-state index contributed by atoms with van der Waals surface area (Å²) in [7, 11) is 3.37. The molecule has 0 fully saturated rings. The zero-order valence-electron chi connectivity index (χ0n) is 13.6. The van der Waals surface area contributed by atoms with Gasteiger partial charge >= 0.3 is 6.09 Å². The van der Waals surface area contributed by atoms with Crippen LogP contribution in [0.4, 0.5) is 10.5 Å². The summed E-state index contributed by atoms with van der Waals surface area (Å²) in [4.78, 5) is 20.9. The second-order valence-electron chi connectivity index (χ2n) is 4.47. The van der Waals surface area contributed by atoms with Gasteiger partial charge in [0.15, 0.2) is 0 Å². The Morgan fingerprint density at radius 1 is 1.39 bits per heavy atom. The molecule has 1 amide bonds. The molecule has 6 nitrogen and oxygen atoms in total. The first-order valence-corrected chi connectivity index (χ1v) is 8.91. The molecule has 9 heteroatoms. The normalized spacial score (nSPS) is 11.7. The van der Waals surface area contributed by atoms with Crippen LogP contribution in [-0.4, -0.2) is 46.4 Å². The second-order valence-corrected chi connectivity index (χ2v) is 7.19. The summed E-state index contributed by atoms with van der Waals surface area (Å²) in [6.45, 7) is 3.69. The van der Waals surface area contributed by atoms with Crippen molar-refractivity contribution in [2.45, 2.75) is 13.8 Å². The highest BCUT2D eigenvalue weighted by molar-refractivity contribution is 8.13. The van der Waals surface area contributed by atoms with Crippen LogP contribution in [0.25, 0.3) is 0 Å². The minimum atomic E-state index is -0.564. The van der Waals surface area contributed by atoms with E-state index in [4.69, 9.17) is 16.4 Å². The fraction of sp³-hybridized carbons (Fsp3) is 0.357. The first-order valence-electron chi connectivity index (χ1n) is 6.58. The third-order valence-corrected chi connectivity index (χ3v) is 4.22. The van der Waals surface area contributed by atoms with Crippen molar-refractivity contribution in [3.05, 3.63) is 28.8 Å². The smallest absolute Gasteiger partial charge is 0.296 e. The average Bonchev–Trinajstić information content (AvgIpc) is 2.51. The number of carbonyl (C=O) groups is 1. The number of benzene rings is 1. The predicted octanol–water partition coefficient (Wildman–Crippen LogP) is 4.57. The maximum Gasteiger partial charge on any atom is 0.447 e. The van der Waals surface area contributed by atoms with Crippen LogP contribution in [-0.2, 0) is 4.84 Å². The number of hydrogen-bond acceptors (Lipinski definition) is 6. The Hall–Kier alpha value is -1.38. The Labute approximate surface area is 150 Å². The standard InChI is InChI=1S/C14H19ClN4O2S2/c1-10-8-12(15)6-7-13(10)16-9-18(3)23-19(4)14(20)21-17-11(2)22-5/h6-9H,1-5H3/b16-9?,17-11-. The van der Waals surface area contributed by atoms with Crippen LogP contribution in [0.1, 0.15) is 12.5 Å². The molecular weight excluding hydrogens is 356 g/mol. The highest BCUT2D eigenvalue weighted by Crippen LogP contribution is 2.22. The van der Waals surface area contributed by atoms with Gasteiger partial charge in [0.05, 0.1) is 17.8 Å². The van der Waals surface area contributed by atoms with Gasteiger partial charge in [0, 0.05) is 19.1 Å². The molecule has 0 N–H and O–H groups in total. The largest absolute Gasteiger partial charge is 0.447 e. The number of amides is 1. The molecule has 0 aromatic heterocycles. The number of aryl methyl sites for hydroxylation is 1. The lowest BCUT2D eigenvalue weighted by atomic mass is 10.2. The zero-order valence-corrected chi connectivity index (χ0v) is 16.0. The molecule has 0 spiro atoms. The number of halogens is 1. The molecule has 126 valence electrons. The molecule has 0 saturated carbocycles. The van der Waals surface area contributed by atoms with Gasteiger partial charge in [-0.15, -0.1) is 11.8 Å². The monoisotopic (exact) mass is 374 g/mol. The van der Waals surface area contributed by atoms with Crippen LogP contribution in [0.3, 0.4) is 0 Å². The summed E-state index contributed by atoms with van der Waals surface area (Å²) in [5.41, 5.74) is 1.79. The van der Waals surface area contributed by atoms with Crippen molar-refractivity contribution in [3.8, 4) is 0 Å². The van der Waals surface area contributed by atoms with Crippen molar-refractivity contribution < 1.29 is 9.63 Å². The number of nitrogens with zero attached hydrogens (tertiary/aromatic N) is 4. The summed E-state index contributed by atoms with van der Waals surface area (Å²) in [6.07, 6.45) is 2.90. The quantitative estimate of drug-likeness (QED) is 0.248. The SMILES string of the molecule is CS/C(C)=N\OC(=O)N(C)SN(C)C=Nc1ccc(Cl)cc1C. The van der Waals surface area contributed by atoms with Gasteiger partial charge in [-0.05, 0) is 43.9 Å². The average molecular weight is 375 g/mol. The topological polar surface area (TPSA) is 57.5 Å². The lowest BCUT2D eigenvalue weighted by Crippen LogP contribution is -2.24. The molecular formula is C14H19ClN4O2S2. The first-order chi connectivity index (χ1) is 10.8. The van der Waals surface area contributed by atoms with Crippen LogP contribution in [0.2, 0.25) is 5.02 Å². The lowest BCUT2D eigenvalue weighted by Gasteiger charge is -2.18. The maximum absolute atomic E-state index is 11.7. The van der Waals surface area contributed by atoms with Crippen LogP contribution in [0.15, 0.2) is 28.3 Å². The van der Waals surface area contributed by atoms with E-state index in [1.165, 1.54) is 16.1 Å². The summed E-state index contributed by atoms with van der Waals surface area (Å²) in [5.74, 6) is 0. The summed E-state index contributed by atoms with van der Waals surface area (Å²) in [5, 5.41) is 5.04. The molecule has 0 aliphatic carbocycles. The molecule has 0 aliphatic heterocycles. The van der Waals surface area contributed by atoms with Gasteiger partial charge in [0.1, 0.15) is 11.4 Å². The van der Waals surface area contributed by atoms with E-state index >= 15 is 0 Å². The Morgan fingerprint density at radius 2 is 2.09 bits per heavy atom. The van der Waals surface area contributed by atoms with Gasteiger partial charge in [0.25, 0.3) is 0 Å². The van der Waals surface area contributed by atoms with Gasteiger partial charge < -0.3 is 0 Å². The van der Waals surface area contributed by atoms with Crippen LogP contribution in [0, 0.1) is 6.92 Å². The van der Waals surface area contributed by atoms with Crippen molar-refractivity contribution in [1.82, 2.24) is 8.61 Å². The van der Waals surface area contributed by atoms with Crippen molar-refractivity contribution >= 4 is 58.7 Å². The molecule has 0 aliphatic rings. The summed E-state index contributed by atoms with van der Waals surface area (Å²) in [6, 6.07) is 5.46. The van der Waals surface area contributed by atoms with E-state index in [-0.39, 0.29) is 0 Å². The van der Waals surface area contributed by atoms with E-state index in [1.54, 1.807) is 37.7 Å². The summed E-state index contributed by atoms with van der Waals surface area (Å²) < 4.78 is 3.00. The highest BCUT2D eigenvalue weighted by atomic mass is 35.5. The third-order valence-electron chi connectivity index (χ3n) is 2.57. The number of aliphatic imine (C=N–C) groups is 1. The second kappa shape index (κ2) is 9.69. The van der Waals surface area contributed by atoms with E-state index < -0.39 is 6.09 Å². The highest BCUT2D eigenvalue weighted by Gasteiger charge is 2.13. The number of rotatable bonds is 5. The molecule has 0 radical (unpaired) electrons. The van der Waals surface area contributed by atoms with E-state index in [0.717, 1.165) is 23.4 Å². The van der Waals surface area contributed by atoms with Crippen molar-refractivity contribution in [3.63, 3.8) is 0 Å². The van der Waals surface area contributed by atoms with Crippen molar-refractivity contribution in [2.75, 3.05) is 20.4 Å². The Morgan fingerprint density at radius 3 is 2.70 bits per heavy atom. The summed E-state index contributed by atoms with van der Waals surface area (Å²) >= 11 is 8.45. The van der Waals surface area contributed by atoms with Crippen molar-refractivity contribution in [2.24, 2.45) is 10.1 Å². The molecule has 1 aromatic carbocycles. The first kappa shape index (κ1) is 19.7. The van der Waals surface area contributed by atoms with Gasteiger partial charge in [-0.3, -0.25) is 9.14 Å². The lowest BCUT2D eigenvalue weighted by molar-refractivity contribution is 0.137. The Kier molecular flexibility index (Phi) is 8.29. The van der Waals surface area contributed by atoms with Gasteiger partial charge in [-0.1, -0.05) is 16.8 Å². The van der Waals surface area contributed by atoms with Crippen LogP contribution < -0.4 is 0 Å². The molecule has 1 rings (SSSR count). The minimum Gasteiger partial charge on any atom is -0.296 e. The van der Waals surface area contributed by atoms with Crippen LogP contribution in [0.5, 0.6) is 0 Å². The molecule has 0 bridgehead atoms. The van der Waals surface area contributed by atoms with E-state index in [0.29, 0.717) is 10.1 Å². The van der Waals surface area contributed by atoms with Gasteiger partial charge in [0.2, 0.25) is 0 Å².